The molecule has 0 fully saturated rings. The lowest BCUT2D eigenvalue weighted by atomic mass is 10.1. The van der Waals surface area contributed by atoms with E-state index in [1.165, 1.54) is 30.2 Å². The molecule has 0 aliphatic heterocycles. The molecule has 0 bridgehead atoms. The molecule has 3 aromatic carbocycles. The van der Waals surface area contributed by atoms with Gasteiger partial charge in [-0.15, -0.1) is 0 Å². The van der Waals surface area contributed by atoms with Crippen LogP contribution in [0.5, 0.6) is 5.75 Å². The van der Waals surface area contributed by atoms with E-state index in [0.29, 0.717) is 16.9 Å². The summed E-state index contributed by atoms with van der Waals surface area (Å²) in [5.41, 5.74) is 4.11. The number of halogens is 1. The third-order valence-electron chi connectivity index (χ3n) is 5.71. The van der Waals surface area contributed by atoms with Crippen LogP contribution in [0, 0.1) is 12.7 Å². The van der Waals surface area contributed by atoms with Crippen LogP contribution in [0.3, 0.4) is 0 Å². The summed E-state index contributed by atoms with van der Waals surface area (Å²) in [6.45, 7) is 7.30. The Hall–Kier alpha value is -4.40. The Bertz CT molecular complexity index is 1470. The van der Waals surface area contributed by atoms with Gasteiger partial charge in [-0.1, -0.05) is 0 Å². The minimum absolute atomic E-state index is 0.0615. The predicted octanol–water partition coefficient (Wildman–Crippen LogP) is 6.11. The molecule has 1 N–H and O–H groups in total. The van der Waals surface area contributed by atoms with E-state index >= 15 is 0 Å². The monoisotopic (exact) mass is 504 g/mol. The van der Waals surface area contributed by atoms with E-state index in [-0.39, 0.29) is 11.7 Å². The number of rotatable bonds is 5. The molecule has 4 rings (SSSR count). The maximum Gasteiger partial charge on any atom is 0.412 e. The van der Waals surface area contributed by atoms with Gasteiger partial charge in [-0.05, 0) is 81.8 Å². The minimum atomic E-state index is -0.594. The lowest BCUT2D eigenvalue weighted by Crippen LogP contribution is -2.27. The Labute approximate surface area is 214 Å². The number of anilines is 2. The summed E-state index contributed by atoms with van der Waals surface area (Å²) >= 11 is 0. The molecule has 0 saturated carbocycles. The molecule has 0 radical (unpaired) electrons. The van der Waals surface area contributed by atoms with Gasteiger partial charge < -0.3 is 14.4 Å². The summed E-state index contributed by atoms with van der Waals surface area (Å²) in [4.78, 5) is 31.4. The summed E-state index contributed by atoms with van der Waals surface area (Å²) in [6, 6.07) is 15.1. The van der Waals surface area contributed by atoms with E-state index in [4.69, 9.17) is 9.47 Å². The fraction of sp³-hybridized carbons (Fsp3) is 0.250. The molecule has 2 amide bonds. The second-order valence-electron chi connectivity index (χ2n) is 9.63. The molecule has 4 aromatic rings. The Morgan fingerprint density at radius 1 is 1.05 bits per heavy atom. The smallest absolute Gasteiger partial charge is 0.412 e. The molecule has 0 aliphatic carbocycles. The molecule has 0 spiro atoms. The van der Waals surface area contributed by atoms with E-state index in [9.17, 15) is 14.0 Å². The number of nitrogens with zero attached hydrogens (tertiary/aromatic N) is 3. The quantitative estimate of drug-likeness (QED) is 0.355. The van der Waals surface area contributed by atoms with Crippen LogP contribution in [0.4, 0.5) is 20.6 Å². The van der Waals surface area contributed by atoms with Crippen molar-refractivity contribution in [3.05, 3.63) is 77.9 Å². The van der Waals surface area contributed by atoms with Gasteiger partial charge in [-0.2, -0.15) is 0 Å². The number of fused-ring (bicyclic) bond motifs is 1. The first-order valence-corrected chi connectivity index (χ1v) is 11.7. The molecule has 1 aromatic heterocycles. The number of hydrogen-bond acceptors (Lipinski definition) is 5. The second kappa shape index (κ2) is 9.93. The molecule has 0 saturated heterocycles. The van der Waals surface area contributed by atoms with Gasteiger partial charge in [0.15, 0.2) is 11.6 Å². The normalized spacial score (nSPS) is 11.3. The highest BCUT2D eigenvalue weighted by Gasteiger charge is 2.19. The predicted molar refractivity (Wildman–Crippen MR) is 141 cm³/mol. The molecule has 9 heteroatoms. The zero-order chi connectivity index (χ0) is 26.9. The molecule has 1 heterocycles. The van der Waals surface area contributed by atoms with Gasteiger partial charge >= 0.3 is 6.09 Å². The lowest BCUT2D eigenvalue weighted by Gasteiger charge is -2.19. The van der Waals surface area contributed by atoms with Crippen LogP contribution >= 0.6 is 0 Å². The first kappa shape index (κ1) is 25.7. The van der Waals surface area contributed by atoms with Crippen molar-refractivity contribution in [3.63, 3.8) is 0 Å². The number of carbonyl (C=O) groups is 2. The molecule has 0 aliphatic rings. The van der Waals surface area contributed by atoms with E-state index in [1.54, 1.807) is 58.4 Å². The molecule has 37 heavy (non-hydrogen) atoms. The zero-order valence-corrected chi connectivity index (χ0v) is 21.6. The van der Waals surface area contributed by atoms with Crippen molar-refractivity contribution >= 4 is 34.4 Å². The van der Waals surface area contributed by atoms with Gasteiger partial charge in [-0.3, -0.25) is 14.7 Å². The van der Waals surface area contributed by atoms with Crippen molar-refractivity contribution in [2.45, 2.75) is 33.3 Å². The van der Waals surface area contributed by atoms with Crippen LogP contribution in [0.1, 0.15) is 36.7 Å². The summed E-state index contributed by atoms with van der Waals surface area (Å²) in [5.74, 6) is -0.699. The average Bonchev–Trinajstić information content (AvgIpc) is 3.27. The maximum atomic E-state index is 13.8. The standard InChI is InChI=1S/C28H29FN4O4/c1-17-13-18(26(34)32(5)21-11-12-22(29)24(15-21)36-6)14-23-25(17)30-16-33(23)20-9-7-19(8-10-20)31-27(35)37-28(2,3)4/h7-16H,1-6H3,(H,31,35). The number of ether oxygens (including phenoxy) is 2. The van der Waals surface area contributed by atoms with Crippen molar-refractivity contribution in [1.29, 1.82) is 0 Å². The summed E-state index contributed by atoms with van der Waals surface area (Å²) in [7, 11) is 3.00. The van der Waals surface area contributed by atoms with Crippen molar-refractivity contribution < 1.29 is 23.5 Å². The second-order valence-corrected chi connectivity index (χ2v) is 9.63. The van der Waals surface area contributed by atoms with E-state index in [1.807, 2.05) is 23.6 Å². The van der Waals surface area contributed by atoms with Gasteiger partial charge in [0, 0.05) is 35.7 Å². The number of imidazole rings is 1. The number of nitrogens with one attached hydrogen (secondary N) is 1. The van der Waals surface area contributed by atoms with Crippen molar-refractivity contribution in [2.75, 3.05) is 24.4 Å². The van der Waals surface area contributed by atoms with Crippen molar-refractivity contribution in [1.82, 2.24) is 9.55 Å². The van der Waals surface area contributed by atoms with Gasteiger partial charge in [0.25, 0.3) is 5.91 Å². The highest BCUT2D eigenvalue weighted by Crippen LogP contribution is 2.28. The summed E-state index contributed by atoms with van der Waals surface area (Å²) in [5, 5.41) is 2.71. The Morgan fingerprint density at radius 2 is 1.76 bits per heavy atom. The van der Waals surface area contributed by atoms with Gasteiger partial charge in [-0.25, -0.2) is 14.2 Å². The first-order valence-electron chi connectivity index (χ1n) is 11.7. The zero-order valence-electron chi connectivity index (χ0n) is 21.6. The van der Waals surface area contributed by atoms with Crippen LogP contribution in [0.15, 0.2) is 60.9 Å². The largest absolute Gasteiger partial charge is 0.494 e. The number of amides is 2. The minimum Gasteiger partial charge on any atom is -0.494 e. The van der Waals surface area contributed by atoms with Crippen molar-refractivity contribution in [2.24, 2.45) is 0 Å². The highest BCUT2D eigenvalue weighted by atomic mass is 19.1. The number of methoxy groups -OCH3 is 1. The van der Waals surface area contributed by atoms with Gasteiger partial charge in [0.05, 0.1) is 18.1 Å². The fourth-order valence-corrected chi connectivity index (χ4v) is 3.91. The molecule has 0 atom stereocenters. The Morgan fingerprint density at radius 3 is 2.41 bits per heavy atom. The molecule has 0 unspecified atom stereocenters. The molecular weight excluding hydrogens is 475 g/mol. The Balaban J connectivity index is 1.62. The van der Waals surface area contributed by atoms with Crippen LogP contribution in [-0.4, -0.2) is 41.3 Å². The molecular formula is C28H29FN4O4. The average molecular weight is 505 g/mol. The van der Waals surface area contributed by atoms with Crippen molar-refractivity contribution in [3.8, 4) is 11.4 Å². The number of hydrogen-bond donors (Lipinski definition) is 1. The molecule has 8 nitrogen and oxygen atoms in total. The lowest BCUT2D eigenvalue weighted by molar-refractivity contribution is 0.0635. The van der Waals surface area contributed by atoms with Crippen LogP contribution in [0.25, 0.3) is 16.7 Å². The fourth-order valence-electron chi connectivity index (χ4n) is 3.91. The van der Waals surface area contributed by atoms with E-state index in [0.717, 1.165) is 22.3 Å². The van der Waals surface area contributed by atoms with Crippen LogP contribution in [-0.2, 0) is 4.74 Å². The van der Waals surface area contributed by atoms with Gasteiger partial charge in [0.1, 0.15) is 11.9 Å². The number of benzene rings is 3. The molecule has 192 valence electrons. The van der Waals surface area contributed by atoms with E-state index < -0.39 is 17.5 Å². The summed E-state index contributed by atoms with van der Waals surface area (Å²) in [6.07, 6.45) is 1.16. The van der Waals surface area contributed by atoms with E-state index in [2.05, 4.69) is 10.3 Å². The number of aryl methyl sites for hydroxylation is 1. The topological polar surface area (TPSA) is 85.7 Å². The number of carbonyl (C=O) groups excluding carboxylic acids is 2. The Kier molecular flexibility index (Phi) is 6.89. The SMILES string of the molecule is COc1cc(N(C)C(=O)c2cc(C)c3ncn(-c4ccc(NC(=O)OC(C)(C)C)cc4)c3c2)ccc1F. The maximum absolute atomic E-state index is 13.8. The first-order chi connectivity index (χ1) is 17.5. The number of aromatic nitrogens is 2. The third kappa shape index (κ3) is 5.55. The summed E-state index contributed by atoms with van der Waals surface area (Å²) < 4.78 is 26.1. The van der Waals surface area contributed by atoms with Crippen LogP contribution < -0.4 is 15.0 Å². The highest BCUT2D eigenvalue weighted by molar-refractivity contribution is 6.07. The van der Waals surface area contributed by atoms with Crippen LogP contribution in [0.2, 0.25) is 0 Å². The third-order valence-corrected chi connectivity index (χ3v) is 5.71. The van der Waals surface area contributed by atoms with Gasteiger partial charge in [0.2, 0.25) is 0 Å².